The van der Waals surface area contributed by atoms with Crippen LogP contribution in [0.25, 0.3) is 6.08 Å². The summed E-state index contributed by atoms with van der Waals surface area (Å²) < 4.78 is 0. The van der Waals surface area contributed by atoms with Gasteiger partial charge in [0.1, 0.15) is 6.61 Å². The van der Waals surface area contributed by atoms with Gasteiger partial charge in [-0.05, 0) is 63.4 Å². The molecule has 1 fully saturated rings. The molecule has 0 amide bonds. The van der Waals surface area contributed by atoms with E-state index in [4.69, 9.17) is 4.84 Å². The molecule has 0 spiro atoms. The summed E-state index contributed by atoms with van der Waals surface area (Å²) in [6.45, 7) is 4.01. The van der Waals surface area contributed by atoms with Gasteiger partial charge in [-0.25, -0.2) is 0 Å². The van der Waals surface area contributed by atoms with E-state index < -0.39 is 0 Å². The fourth-order valence-corrected chi connectivity index (χ4v) is 3.75. The van der Waals surface area contributed by atoms with Crippen molar-refractivity contribution in [3.63, 3.8) is 0 Å². The Morgan fingerprint density at radius 3 is 2.67 bits per heavy atom. The van der Waals surface area contributed by atoms with Crippen LogP contribution in [0.15, 0.2) is 41.1 Å². The maximum Gasteiger partial charge on any atom is 0.118 e. The Kier molecular flexibility index (Phi) is 10.2. The van der Waals surface area contributed by atoms with Crippen molar-refractivity contribution < 1.29 is 4.84 Å². The number of unbranched alkanes of at least 4 members (excludes halogenated alkanes) is 3. The van der Waals surface area contributed by atoms with Crippen LogP contribution in [0, 0.1) is 5.92 Å². The van der Waals surface area contributed by atoms with Gasteiger partial charge in [0, 0.05) is 12.5 Å². The van der Waals surface area contributed by atoms with Crippen LogP contribution in [-0.4, -0.2) is 37.9 Å². The van der Waals surface area contributed by atoms with Gasteiger partial charge in [-0.3, -0.25) is 0 Å². The minimum Gasteiger partial charge on any atom is -0.396 e. The van der Waals surface area contributed by atoms with Gasteiger partial charge in [-0.2, -0.15) is 0 Å². The zero-order chi connectivity index (χ0) is 19.3. The summed E-state index contributed by atoms with van der Waals surface area (Å²) in [7, 11) is 4.19. The minimum atomic E-state index is 0.555. The van der Waals surface area contributed by atoms with Crippen LogP contribution in [0.4, 0.5) is 0 Å². The van der Waals surface area contributed by atoms with E-state index in [1.54, 1.807) is 0 Å². The largest absolute Gasteiger partial charge is 0.396 e. The first-order valence-corrected chi connectivity index (χ1v) is 10.8. The second-order valence-corrected chi connectivity index (χ2v) is 7.99. The molecule has 3 nitrogen and oxygen atoms in total. The summed E-state index contributed by atoms with van der Waals surface area (Å²) in [6, 6.07) is 10.6. The predicted octanol–water partition coefficient (Wildman–Crippen LogP) is 6.16. The van der Waals surface area contributed by atoms with Gasteiger partial charge in [0.05, 0.1) is 5.71 Å². The van der Waals surface area contributed by atoms with Crippen LogP contribution < -0.4 is 0 Å². The predicted molar refractivity (Wildman–Crippen MR) is 117 cm³/mol. The molecule has 0 heterocycles. The molecule has 1 aromatic rings. The molecule has 0 bridgehead atoms. The molecule has 1 aliphatic carbocycles. The molecule has 1 unspecified atom stereocenters. The van der Waals surface area contributed by atoms with E-state index >= 15 is 0 Å². The first kappa shape index (κ1) is 21.7. The summed E-state index contributed by atoms with van der Waals surface area (Å²) in [5, 5.41) is 4.67. The molecule has 1 aliphatic rings. The van der Waals surface area contributed by atoms with Crippen molar-refractivity contribution in [3.05, 3.63) is 41.5 Å². The zero-order valence-electron chi connectivity index (χ0n) is 17.6. The lowest BCUT2D eigenvalue weighted by molar-refractivity contribution is 0.133. The lowest BCUT2D eigenvalue weighted by Gasteiger charge is -2.26. The molecule has 3 heteroatoms. The van der Waals surface area contributed by atoms with Gasteiger partial charge in [-0.15, -0.1) is 0 Å². The number of rotatable bonds is 11. The Morgan fingerprint density at radius 2 is 1.93 bits per heavy atom. The summed E-state index contributed by atoms with van der Waals surface area (Å²) in [5.41, 5.74) is 3.85. The molecular weight excluding hydrogens is 332 g/mol. The molecule has 27 heavy (non-hydrogen) atoms. The van der Waals surface area contributed by atoms with E-state index in [1.165, 1.54) is 61.8 Å². The van der Waals surface area contributed by atoms with Crippen molar-refractivity contribution in [2.45, 2.75) is 64.7 Å². The lowest BCUT2D eigenvalue weighted by atomic mass is 9.80. The number of allylic oxidation sites excluding steroid dienone is 1. The lowest BCUT2D eigenvalue weighted by Crippen LogP contribution is -2.23. The first-order valence-electron chi connectivity index (χ1n) is 10.8. The Hall–Kier alpha value is -1.61. The SMILES string of the molecule is CCCCCCC1CCCC(=C\c2ccccc2)/C1=N/OCCCN(C)C. The summed E-state index contributed by atoms with van der Waals surface area (Å²) in [4.78, 5) is 7.96. The van der Waals surface area contributed by atoms with Gasteiger partial charge in [0.25, 0.3) is 0 Å². The highest BCUT2D eigenvalue weighted by Gasteiger charge is 2.25. The fourth-order valence-electron chi connectivity index (χ4n) is 3.75. The van der Waals surface area contributed by atoms with Gasteiger partial charge in [-0.1, -0.05) is 68.1 Å². The normalized spacial score (nSPS) is 20.5. The number of nitrogens with zero attached hydrogens (tertiary/aromatic N) is 2. The van der Waals surface area contributed by atoms with E-state index in [0.717, 1.165) is 19.4 Å². The molecule has 1 saturated carbocycles. The Morgan fingerprint density at radius 1 is 1.11 bits per heavy atom. The van der Waals surface area contributed by atoms with Crippen LogP contribution in [0.5, 0.6) is 0 Å². The summed E-state index contributed by atoms with van der Waals surface area (Å²) in [5.74, 6) is 0.555. The Balaban J connectivity index is 2.06. The van der Waals surface area contributed by atoms with Crippen LogP contribution in [0.2, 0.25) is 0 Å². The second kappa shape index (κ2) is 12.7. The average Bonchev–Trinajstić information content (AvgIpc) is 2.67. The summed E-state index contributed by atoms with van der Waals surface area (Å²) >= 11 is 0. The average molecular weight is 371 g/mol. The van der Waals surface area contributed by atoms with E-state index in [2.05, 4.69) is 67.5 Å². The van der Waals surface area contributed by atoms with Gasteiger partial charge in [0.15, 0.2) is 0 Å². The van der Waals surface area contributed by atoms with Crippen molar-refractivity contribution in [3.8, 4) is 0 Å². The van der Waals surface area contributed by atoms with E-state index in [-0.39, 0.29) is 0 Å². The molecule has 0 radical (unpaired) electrons. The topological polar surface area (TPSA) is 24.8 Å². The zero-order valence-corrected chi connectivity index (χ0v) is 17.6. The van der Waals surface area contributed by atoms with Gasteiger partial charge in [0.2, 0.25) is 0 Å². The van der Waals surface area contributed by atoms with Gasteiger partial charge < -0.3 is 9.74 Å². The number of hydrogen-bond donors (Lipinski definition) is 0. The van der Waals surface area contributed by atoms with E-state index in [1.807, 2.05) is 0 Å². The highest BCUT2D eigenvalue weighted by atomic mass is 16.6. The molecule has 1 atom stereocenters. The summed E-state index contributed by atoms with van der Waals surface area (Å²) in [6.07, 6.45) is 13.5. The number of oxime groups is 1. The molecule has 0 N–H and O–H groups in total. The first-order chi connectivity index (χ1) is 13.2. The third kappa shape index (κ3) is 8.30. The number of hydrogen-bond acceptors (Lipinski definition) is 3. The van der Waals surface area contributed by atoms with Crippen LogP contribution >= 0.6 is 0 Å². The quantitative estimate of drug-likeness (QED) is 0.344. The number of benzene rings is 1. The van der Waals surface area contributed by atoms with E-state index in [0.29, 0.717) is 12.5 Å². The Bertz CT molecular complexity index is 577. The molecule has 2 rings (SSSR count). The Labute approximate surface area is 166 Å². The molecule has 1 aromatic carbocycles. The van der Waals surface area contributed by atoms with Crippen LogP contribution in [0.1, 0.15) is 70.3 Å². The van der Waals surface area contributed by atoms with Gasteiger partial charge >= 0.3 is 0 Å². The highest BCUT2D eigenvalue weighted by molar-refractivity contribution is 6.05. The van der Waals surface area contributed by atoms with Crippen molar-refractivity contribution in [2.75, 3.05) is 27.2 Å². The molecule has 0 aliphatic heterocycles. The molecule has 0 saturated heterocycles. The molecular formula is C24H38N2O. The van der Waals surface area contributed by atoms with Crippen molar-refractivity contribution >= 4 is 11.8 Å². The van der Waals surface area contributed by atoms with Crippen LogP contribution in [0.3, 0.4) is 0 Å². The monoisotopic (exact) mass is 370 g/mol. The molecule has 0 aromatic heterocycles. The highest BCUT2D eigenvalue weighted by Crippen LogP contribution is 2.31. The van der Waals surface area contributed by atoms with Crippen molar-refractivity contribution in [1.82, 2.24) is 4.90 Å². The minimum absolute atomic E-state index is 0.555. The smallest absolute Gasteiger partial charge is 0.118 e. The standard InChI is InChI=1S/C24H38N2O/c1-4-5-6-10-15-22-16-11-17-23(20-21-13-8-7-9-14-21)24(22)25-27-19-12-18-26(2)3/h7-9,13-14,20,22H,4-6,10-12,15-19H2,1-3H3/b23-20+,25-24+. The van der Waals surface area contributed by atoms with Crippen molar-refractivity contribution in [1.29, 1.82) is 0 Å². The second-order valence-electron chi connectivity index (χ2n) is 7.99. The maximum absolute atomic E-state index is 5.77. The van der Waals surface area contributed by atoms with Crippen molar-refractivity contribution in [2.24, 2.45) is 11.1 Å². The maximum atomic E-state index is 5.77. The fraction of sp³-hybridized carbons (Fsp3) is 0.625. The van der Waals surface area contributed by atoms with Crippen LogP contribution in [-0.2, 0) is 4.84 Å². The third-order valence-corrected chi connectivity index (χ3v) is 5.26. The molecule has 150 valence electrons. The third-order valence-electron chi connectivity index (χ3n) is 5.26. The van der Waals surface area contributed by atoms with E-state index in [9.17, 15) is 0 Å².